The molecule has 1 atom stereocenters. The van der Waals surface area contributed by atoms with Gasteiger partial charge in [0.2, 0.25) is 5.91 Å². The lowest BCUT2D eigenvalue weighted by molar-refractivity contribution is -0.123. The van der Waals surface area contributed by atoms with E-state index in [0.717, 1.165) is 29.9 Å². The fraction of sp³-hybridized carbons (Fsp3) is 0.444. The summed E-state index contributed by atoms with van der Waals surface area (Å²) in [5, 5.41) is 9.57. The molecule has 1 unspecified atom stereocenters. The number of sulfonamides is 1. The monoisotopic (exact) mass is 574 g/mol. The van der Waals surface area contributed by atoms with Crippen molar-refractivity contribution >= 4 is 55.1 Å². The van der Waals surface area contributed by atoms with Crippen LogP contribution in [0.2, 0.25) is 0 Å². The Kier molecular flexibility index (Phi) is 10.0. The van der Waals surface area contributed by atoms with Crippen molar-refractivity contribution in [2.75, 3.05) is 57.3 Å². The molecule has 1 saturated heterocycles. The standard InChI is InChI=1S/C27H34N4O6S2/c1-36-17-7-14-28-21-12-13-23(20-8-5-9-22(29-33)26(20)21)30(16-18-37-2)27(32)24-10-3-4-15-31(24)39(34,35)25-11-6-19-38-25/h5-6,8-9,11-13,19,24,28H,3-4,7,10,14-18H2,1-2H3. The summed E-state index contributed by atoms with van der Waals surface area (Å²) in [6, 6.07) is 11.3. The molecule has 1 fully saturated rings. The summed E-state index contributed by atoms with van der Waals surface area (Å²) in [7, 11) is -0.633. The zero-order valence-electron chi connectivity index (χ0n) is 22.2. The fourth-order valence-corrected chi connectivity index (χ4v) is 7.72. The second kappa shape index (κ2) is 13.4. The van der Waals surface area contributed by atoms with Gasteiger partial charge in [0.1, 0.15) is 15.9 Å². The third-order valence-electron chi connectivity index (χ3n) is 6.81. The molecule has 1 aliphatic rings. The molecule has 0 bridgehead atoms. The Bertz CT molecular complexity index is 1380. The van der Waals surface area contributed by atoms with E-state index in [-0.39, 0.29) is 35.5 Å². The Labute approximate surface area is 232 Å². The van der Waals surface area contributed by atoms with Crippen molar-refractivity contribution in [1.82, 2.24) is 4.31 Å². The van der Waals surface area contributed by atoms with E-state index in [4.69, 9.17) is 9.47 Å². The molecule has 0 saturated carbocycles. The number of benzene rings is 2. The highest BCUT2D eigenvalue weighted by atomic mass is 32.2. The number of nitrogens with one attached hydrogen (secondary N) is 1. The van der Waals surface area contributed by atoms with Gasteiger partial charge in [0.25, 0.3) is 10.0 Å². The van der Waals surface area contributed by atoms with Crippen molar-refractivity contribution in [3.8, 4) is 0 Å². The molecule has 12 heteroatoms. The molecule has 0 spiro atoms. The van der Waals surface area contributed by atoms with Crippen LogP contribution in [0, 0.1) is 4.91 Å². The van der Waals surface area contributed by atoms with Gasteiger partial charge in [-0.25, -0.2) is 8.42 Å². The Morgan fingerprint density at radius 1 is 1.13 bits per heavy atom. The topological polar surface area (TPSA) is 118 Å². The van der Waals surface area contributed by atoms with Crippen molar-refractivity contribution in [2.24, 2.45) is 5.18 Å². The molecule has 3 aromatic rings. The van der Waals surface area contributed by atoms with E-state index in [1.165, 1.54) is 4.31 Å². The number of amides is 1. The first-order valence-corrected chi connectivity index (χ1v) is 15.2. The summed E-state index contributed by atoms with van der Waals surface area (Å²) in [4.78, 5) is 27.6. The third-order valence-corrected chi connectivity index (χ3v) is 10.1. The largest absolute Gasteiger partial charge is 0.385 e. The summed E-state index contributed by atoms with van der Waals surface area (Å²) in [6.07, 6.45) is 2.62. The average Bonchev–Trinajstić information content (AvgIpc) is 3.52. The van der Waals surface area contributed by atoms with Crippen LogP contribution in [0.15, 0.2) is 57.2 Å². The number of rotatable bonds is 13. The number of carbonyl (C=O) groups excluding carboxylic acids is 1. The average molecular weight is 575 g/mol. The van der Waals surface area contributed by atoms with E-state index < -0.39 is 16.1 Å². The number of ether oxygens (including phenoxy) is 2. The fourth-order valence-electron chi connectivity index (χ4n) is 4.95. The summed E-state index contributed by atoms with van der Waals surface area (Å²) < 4.78 is 39.0. The van der Waals surface area contributed by atoms with E-state index in [9.17, 15) is 18.1 Å². The van der Waals surface area contributed by atoms with Crippen molar-refractivity contribution in [3.63, 3.8) is 0 Å². The van der Waals surface area contributed by atoms with Gasteiger partial charge in [0.15, 0.2) is 0 Å². The van der Waals surface area contributed by atoms with Gasteiger partial charge in [-0.15, -0.1) is 16.2 Å². The van der Waals surface area contributed by atoms with E-state index in [0.29, 0.717) is 42.5 Å². The van der Waals surface area contributed by atoms with Gasteiger partial charge in [-0.3, -0.25) is 4.79 Å². The van der Waals surface area contributed by atoms with Crippen molar-refractivity contribution in [3.05, 3.63) is 52.8 Å². The zero-order valence-corrected chi connectivity index (χ0v) is 23.8. The number of fused-ring (bicyclic) bond motifs is 1. The zero-order chi connectivity index (χ0) is 27.8. The second-order valence-electron chi connectivity index (χ2n) is 9.24. The van der Waals surface area contributed by atoms with Gasteiger partial charge < -0.3 is 19.7 Å². The Morgan fingerprint density at radius 3 is 2.67 bits per heavy atom. The first-order valence-electron chi connectivity index (χ1n) is 12.9. The van der Waals surface area contributed by atoms with E-state index in [1.807, 2.05) is 18.2 Å². The number of piperidine rings is 1. The SMILES string of the molecule is COCCCNc1ccc(N(CCOC)C(=O)C2CCCCN2S(=O)(=O)c2cccs2)c2cccc(N=O)c12. The van der Waals surface area contributed by atoms with Crippen LogP contribution in [0.4, 0.5) is 17.1 Å². The smallest absolute Gasteiger partial charge is 0.253 e. The number of nitrogens with zero attached hydrogens (tertiary/aromatic N) is 3. The molecule has 0 aliphatic carbocycles. The van der Waals surface area contributed by atoms with Crippen LogP contribution >= 0.6 is 11.3 Å². The Balaban J connectivity index is 1.76. The lowest BCUT2D eigenvalue weighted by Crippen LogP contribution is -2.53. The molecular weight excluding hydrogens is 540 g/mol. The van der Waals surface area contributed by atoms with Gasteiger partial charge in [-0.2, -0.15) is 4.31 Å². The van der Waals surface area contributed by atoms with Crippen LogP contribution in [-0.4, -0.2) is 71.7 Å². The van der Waals surface area contributed by atoms with Crippen LogP contribution in [0.3, 0.4) is 0 Å². The predicted octanol–water partition coefficient (Wildman–Crippen LogP) is 4.97. The van der Waals surface area contributed by atoms with Gasteiger partial charge >= 0.3 is 0 Å². The molecule has 39 heavy (non-hydrogen) atoms. The molecule has 4 rings (SSSR count). The van der Waals surface area contributed by atoms with Crippen LogP contribution in [0.25, 0.3) is 10.8 Å². The molecule has 1 amide bonds. The quantitative estimate of drug-likeness (QED) is 0.226. The molecule has 10 nitrogen and oxygen atoms in total. The van der Waals surface area contributed by atoms with E-state index in [2.05, 4.69) is 10.5 Å². The molecule has 2 aromatic carbocycles. The van der Waals surface area contributed by atoms with Gasteiger partial charge in [0.05, 0.1) is 12.3 Å². The Hall–Kier alpha value is -2.90. The number of hydrogen-bond acceptors (Lipinski definition) is 9. The van der Waals surface area contributed by atoms with Crippen LogP contribution in [0.1, 0.15) is 25.7 Å². The highest BCUT2D eigenvalue weighted by Crippen LogP contribution is 2.39. The normalized spacial score (nSPS) is 16.3. The highest BCUT2D eigenvalue weighted by molar-refractivity contribution is 7.91. The molecule has 1 N–H and O–H groups in total. The minimum atomic E-state index is -3.83. The van der Waals surface area contributed by atoms with Gasteiger partial charge in [-0.05, 0) is 54.1 Å². The molecule has 210 valence electrons. The summed E-state index contributed by atoms with van der Waals surface area (Å²) in [5.74, 6) is -0.321. The minimum absolute atomic E-state index is 0.215. The lowest BCUT2D eigenvalue weighted by atomic mass is 10.0. The number of hydrogen-bond donors (Lipinski definition) is 1. The van der Waals surface area contributed by atoms with E-state index >= 15 is 0 Å². The lowest BCUT2D eigenvalue weighted by Gasteiger charge is -2.37. The van der Waals surface area contributed by atoms with Crippen LogP contribution in [-0.2, 0) is 24.3 Å². The third kappa shape index (κ3) is 6.30. The highest BCUT2D eigenvalue weighted by Gasteiger charge is 2.40. The minimum Gasteiger partial charge on any atom is -0.385 e. The summed E-state index contributed by atoms with van der Waals surface area (Å²) in [5.41, 5.74) is 1.54. The summed E-state index contributed by atoms with van der Waals surface area (Å²) >= 11 is 1.14. The number of anilines is 2. The summed E-state index contributed by atoms with van der Waals surface area (Å²) in [6.45, 7) is 1.96. The second-order valence-corrected chi connectivity index (χ2v) is 12.3. The molecule has 0 radical (unpaired) electrons. The van der Waals surface area contributed by atoms with Crippen LogP contribution in [0.5, 0.6) is 0 Å². The molecule has 1 aromatic heterocycles. The predicted molar refractivity (Wildman–Crippen MR) is 154 cm³/mol. The maximum Gasteiger partial charge on any atom is 0.253 e. The van der Waals surface area contributed by atoms with Crippen molar-refractivity contribution in [1.29, 1.82) is 0 Å². The number of thiophene rings is 1. The maximum atomic E-state index is 14.2. The van der Waals surface area contributed by atoms with Crippen LogP contribution < -0.4 is 10.2 Å². The Morgan fingerprint density at radius 2 is 1.95 bits per heavy atom. The maximum absolute atomic E-state index is 14.2. The molecule has 2 heterocycles. The molecule has 1 aliphatic heterocycles. The number of carbonyl (C=O) groups is 1. The number of nitroso groups, excluding NO2 is 1. The van der Waals surface area contributed by atoms with Crippen molar-refractivity contribution in [2.45, 2.75) is 35.9 Å². The number of methoxy groups -OCH3 is 2. The molecular formula is C27H34N4O6S2. The first kappa shape index (κ1) is 29.1. The van der Waals surface area contributed by atoms with Gasteiger partial charge in [0, 0.05) is 56.9 Å². The van der Waals surface area contributed by atoms with E-state index in [1.54, 1.807) is 48.8 Å². The van der Waals surface area contributed by atoms with Crippen molar-refractivity contribution < 1.29 is 22.7 Å². The first-order chi connectivity index (χ1) is 18.9. The van der Waals surface area contributed by atoms with Gasteiger partial charge in [-0.1, -0.05) is 24.6 Å².